The third-order valence-electron chi connectivity index (χ3n) is 4.82. The molecular weight excluding hydrogens is 315 g/mol. The number of aromatic nitrogens is 3. The van der Waals surface area contributed by atoms with Crippen LogP contribution in [0.25, 0.3) is 11.4 Å². The molecule has 4 nitrogen and oxygen atoms in total. The van der Waals surface area contributed by atoms with Gasteiger partial charge in [-0.1, -0.05) is 18.2 Å². The highest BCUT2D eigenvalue weighted by Crippen LogP contribution is 2.31. The molecule has 0 unspecified atom stereocenters. The standard InChI is InChI=1S/C20H21FN4/c21-17-8-6-16(7-9-17)20-5-3-11-25(20)13-12-24-14-19(23-15-24)18-4-1-2-10-22-18/h1-2,4,6-10,14-15,20H,3,5,11-13H2/t20-/m1/s1. The van der Waals surface area contributed by atoms with Crippen molar-refractivity contribution in [3.63, 3.8) is 0 Å². The molecule has 3 aromatic rings. The molecule has 4 rings (SSSR count). The molecule has 5 heteroatoms. The second-order valence-corrected chi connectivity index (χ2v) is 6.46. The predicted octanol–water partition coefficient (Wildman–Crippen LogP) is 3.92. The van der Waals surface area contributed by atoms with Crippen LogP contribution >= 0.6 is 0 Å². The number of imidazole rings is 1. The molecule has 1 atom stereocenters. The Balaban J connectivity index is 1.41. The zero-order valence-corrected chi connectivity index (χ0v) is 14.1. The monoisotopic (exact) mass is 336 g/mol. The summed E-state index contributed by atoms with van der Waals surface area (Å²) < 4.78 is 15.3. The molecule has 0 saturated carbocycles. The molecule has 1 aliphatic rings. The van der Waals surface area contributed by atoms with E-state index in [0.717, 1.165) is 37.4 Å². The molecule has 0 N–H and O–H groups in total. The van der Waals surface area contributed by atoms with Gasteiger partial charge in [0.2, 0.25) is 0 Å². The van der Waals surface area contributed by atoms with Crippen molar-refractivity contribution in [2.75, 3.05) is 13.1 Å². The summed E-state index contributed by atoms with van der Waals surface area (Å²) in [7, 11) is 0. The number of likely N-dealkylation sites (tertiary alicyclic amines) is 1. The quantitative estimate of drug-likeness (QED) is 0.708. The summed E-state index contributed by atoms with van der Waals surface area (Å²) in [5.41, 5.74) is 3.00. The minimum atomic E-state index is -0.172. The molecule has 3 heterocycles. The van der Waals surface area contributed by atoms with Gasteiger partial charge >= 0.3 is 0 Å². The first kappa shape index (κ1) is 16.0. The van der Waals surface area contributed by atoms with Crippen LogP contribution in [0.15, 0.2) is 61.2 Å². The summed E-state index contributed by atoms with van der Waals surface area (Å²) in [6.45, 7) is 2.93. The second kappa shape index (κ2) is 7.15. The maximum atomic E-state index is 13.2. The van der Waals surface area contributed by atoms with Gasteiger partial charge in [0.15, 0.2) is 0 Å². The molecule has 0 spiro atoms. The lowest BCUT2D eigenvalue weighted by molar-refractivity contribution is 0.246. The van der Waals surface area contributed by atoms with Crippen LogP contribution < -0.4 is 0 Å². The van der Waals surface area contributed by atoms with Crippen molar-refractivity contribution in [3.8, 4) is 11.4 Å². The molecule has 0 aliphatic carbocycles. The van der Waals surface area contributed by atoms with Crippen LogP contribution in [0, 0.1) is 5.82 Å². The number of hydrogen-bond donors (Lipinski definition) is 0. The molecule has 0 bridgehead atoms. The van der Waals surface area contributed by atoms with Crippen LogP contribution in [0.5, 0.6) is 0 Å². The SMILES string of the molecule is Fc1ccc([C@H]2CCCN2CCn2cnc(-c3ccccn3)c2)cc1. The van der Waals surface area contributed by atoms with Crippen molar-refractivity contribution in [2.45, 2.75) is 25.4 Å². The molecule has 128 valence electrons. The van der Waals surface area contributed by atoms with Crippen LogP contribution in [-0.4, -0.2) is 32.5 Å². The molecule has 0 amide bonds. The van der Waals surface area contributed by atoms with Crippen molar-refractivity contribution in [3.05, 3.63) is 72.6 Å². The first-order valence-corrected chi connectivity index (χ1v) is 8.72. The number of benzene rings is 1. The number of halogens is 1. The second-order valence-electron chi connectivity index (χ2n) is 6.46. The Morgan fingerprint density at radius 2 is 1.88 bits per heavy atom. The van der Waals surface area contributed by atoms with Gasteiger partial charge in [-0.2, -0.15) is 0 Å². The van der Waals surface area contributed by atoms with Gasteiger partial charge in [0.05, 0.1) is 12.0 Å². The van der Waals surface area contributed by atoms with E-state index >= 15 is 0 Å². The molecule has 1 aromatic carbocycles. The maximum absolute atomic E-state index is 13.2. The Hall–Kier alpha value is -2.53. The first-order chi connectivity index (χ1) is 12.3. The van der Waals surface area contributed by atoms with E-state index < -0.39 is 0 Å². The van der Waals surface area contributed by atoms with Crippen molar-refractivity contribution >= 4 is 0 Å². The van der Waals surface area contributed by atoms with Crippen molar-refractivity contribution < 1.29 is 4.39 Å². The average molecular weight is 336 g/mol. The predicted molar refractivity (Wildman–Crippen MR) is 95.4 cm³/mol. The Kier molecular flexibility index (Phi) is 4.57. The van der Waals surface area contributed by atoms with E-state index in [1.54, 1.807) is 18.3 Å². The van der Waals surface area contributed by atoms with E-state index in [2.05, 4.69) is 19.4 Å². The highest BCUT2D eigenvalue weighted by atomic mass is 19.1. The molecule has 25 heavy (non-hydrogen) atoms. The van der Waals surface area contributed by atoms with Gasteiger partial charge in [-0.15, -0.1) is 0 Å². The van der Waals surface area contributed by atoms with Crippen LogP contribution in [0.3, 0.4) is 0 Å². The lowest BCUT2D eigenvalue weighted by atomic mass is 10.0. The molecule has 2 aromatic heterocycles. The minimum absolute atomic E-state index is 0.172. The van der Waals surface area contributed by atoms with Crippen LogP contribution in [-0.2, 0) is 6.54 Å². The van der Waals surface area contributed by atoms with Gasteiger partial charge in [-0.25, -0.2) is 9.37 Å². The van der Waals surface area contributed by atoms with Gasteiger partial charge in [0, 0.05) is 31.5 Å². The summed E-state index contributed by atoms with van der Waals surface area (Å²) in [4.78, 5) is 11.3. The fourth-order valence-electron chi connectivity index (χ4n) is 3.53. The molecular formula is C20H21FN4. The van der Waals surface area contributed by atoms with Crippen LogP contribution in [0.1, 0.15) is 24.4 Å². The number of pyridine rings is 1. The number of nitrogens with zero attached hydrogens (tertiary/aromatic N) is 4. The van der Waals surface area contributed by atoms with Crippen LogP contribution in [0.2, 0.25) is 0 Å². The van der Waals surface area contributed by atoms with Gasteiger partial charge in [-0.05, 0) is 49.2 Å². The fraction of sp³-hybridized carbons (Fsp3) is 0.300. The lowest BCUT2D eigenvalue weighted by Crippen LogP contribution is -2.27. The van der Waals surface area contributed by atoms with E-state index in [-0.39, 0.29) is 5.82 Å². The topological polar surface area (TPSA) is 34.0 Å². The Morgan fingerprint density at radius 3 is 2.68 bits per heavy atom. The summed E-state index contributed by atoms with van der Waals surface area (Å²) in [6.07, 6.45) is 8.02. The molecule has 1 fully saturated rings. The van der Waals surface area contributed by atoms with Gasteiger partial charge in [0.1, 0.15) is 11.5 Å². The first-order valence-electron chi connectivity index (χ1n) is 8.72. The highest BCUT2D eigenvalue weighted by Gasteiger charge is 2.25. The van der Waals surface area contributed by atoms with E-state index in [0.29, 0.717) is 6.04 Å². The molecule has 1 saturated heterocycles. The summed E-state index contributed by atoms with van der Waals surface area (Å²) in [5.74, 6) is -0.172. The minimum Gasteiger partial charge on any atom is -0.335 e. The van der Waals surface area contributed by atoms with Crippen LogP contribution in [0.4, 0.5) is 4.39 Å². The highest BCUT2D eigenvalue weighted by molar-refractivity contribution is 5.52. The Labute approximate surface area is 147 Å². The van der Waals surface area contributed by atoms with E-state index in [9.17, 15) is 4.39 Å². The van der Waals surface area contributed by atoms with Gasteiger partial charge in [0.25, 0.3) is 0 Å². The zero-order valence-electron chi connectivity index (χ0n) is 14.1. The third kappa shape index (κ3) is 3.61. The normalized spacial score (nSPS) is 17.9. The van der Waals surface area contributed by atoms with E-state index in [1.807, 2.05) is 42.9 Å². The number of hydrogen-bond acceptors (Lipinski definition) is 3. The molecule has 0 radical (unpaired) electrons. The summed E-state index contributed by atoms with van der Waals surface area (Å²) in [6, 6.07) is 13.2. The zero-order chi connectivity index (χ0) is 17.1. The van der Waals surface area contributed by atoms with Crippen molar-refractivity contribution in [2.24, 2.45) is 0 Å². The number of rotatable bonds is 5. The Morgan fingerprint density at radius 1 is 1.00 bits per heavy atom. The fourth-order valence-corrected chi connectivity index (χ4v) is 3.53. The summed E-state index contributed by atoms with van der Waals surface area (Å²) >= 11 is 0. The lowest BCUT2D eigenvalue weighted by Gasteiger charge is -2.25. The smallest absolute Gasteiger partial charge is 0.123 e. The largest absolute Gasteiger partial charge is 0.335 e. The van der Waals surface area contributed by atoms with Gasteiger partial charge < -0.3 is 4.57 Å². The Bertz CT molecular complexity index is 813. The van der Waals surface area contributed by atoms with Crippen molar-refractivity contribution in [1.82, 2.24) is 19.4 Å². The average Bonchev–Trinajstić information content (AvgIpc) is 3.31. The molecule has 1 aliphatic heterocycles. The third-order valence-corrected chi connectivity index (χ3v) is 4.82. The van der Waals surface area contributed by atoms with Crippen molar-refractivity contribution in [1.29, 1.82) is 0 Å². The van der Waals surface area contributed by atoms with E-state index in [1.165, 1.54) is 12.0 Å². The van der Waals surface area contributed by atoms with Gasteiger partial charge in [-0.3, -0.25) is 9.88 Å². The summed E-state index contributed by atoms with van der Waals surface area (Å²) in [5, 5.41) is 0. The maximum Gasteiger partial charge on any atom is 0.123 e. The van der Waals surface area contributed by atoms with E-state index in [4.69, 9.17) is 0 Å².